The Morgan fingerprint density at radius 3 is 2.81 bits per heavy atom. The zero-order valence-corrected chi connectivity index (χ0v) is 9.79. The number of hydrogen-bond donors (Lipinski definition) is 2. The van der Waals surface area contributed by atoms with Crippen molar-refractivity contribution >= 4 is 5.91 Å². The first-order valence-corrected chi connectivity index (χ1v) is 5.63. The molecule has 0 saturated heterocycles. The molecule has 86 valence electrons. The maximum absolute atomic E-state index is 11.1. The summed E-state index contributed by atoms with van der Waals surface area (Å²) < 4.78 is 0. The Morgan fingerprint density at radius 2 is 2.19 bits per heavy atom. The van der Waals surface area contributed by atoms with Gasteiger partial charge < -0.3 is 11.1 Å². The first-order chi connectivity index (χ1) is 7.50. The fourth-order valence-electron chi connectivity index (χ4n) is 2.01. The van der Waals surface area contributed by atoms with Gasteiger partial charge in [-0.05, 0) is 31.4 Å². The summed E-state index contributed by atoms with van der Waals surface area (Å²) in [6.07, 6.45) is 1.10. The van der Waals surface area contributed by atoms with E-state index in [-0.39, 0.29) is 5.91 Å². The highest BCUT2D eigenvalue weighted by molar-refractivity contribution is 5.83. The molecule has 0 heterocycles. The third-order valence-electron chi connectivity index (χ3n) is 3.37. The molecule has 1 amide bonds. The molecule has 16 heavy (non-hydrogen) atoms. The molecule has 0 aliphatic heterocycles. The van der Waals surface area contributed by atoms with E-state index in [9.17, 15) is 4.79 Å². The van der Waals surface area contributed by atoms with Gasteiger partial charge in [0.25, 0.3) is 0 Å². The molecule has 3 nitrogen and oxygen atoms in total. The van der Waals surface area contributed by atoms with Gasteiger partial charge >= 0.3 is 0 Å². The number of benzene rings is 1. The van der Waals surface area contributed by atoms with Crippen LogP contribution in [0.2, 0.25) is 0 Å². The molecule has 2 rings (SSSR count). The van der Waals surface area contributed by atoms with Crippen molar-refractivity contribution in [2.45, 2.75) is 31.7 Å². The topological polar surface area (TPSA) is 55.1 Å². The monoisotopic (exact) mass is 218 g/mol. The Labute approximate surface area is 96.0 Å². The molecule has 0 bridgehead atoms. The van der Waals surface area contributed by atoms with Gasteiger partial charge in [-0.15, -0.1) is 0 Å². The average molecular weight is 218 g/mol. The van der Waals surface area contributed by atoms with E-state index in [4.69, 9.17) is 5.73 Å². The predicted octanol–water partition coefficient (Wildman–Crippen LogP) is 1.18. The first kappa shape index (κ1) is 11.1. The molecule has 1 aromatic carbocycles. The minimum atomic E-state index is -0.621. The van der Waals surface area contributed by atoms with E-state index in [1.165, 1.54) is 11.1 Å². The molecule has 1 aromatic rings. The van der Waals surface area contributed by atoms with Crippen LogP contribution in [-0.2, 0) is 11.2 Å². The van der Waals surface area contributed by atoms with Crippen molar-refractivity contribution in [2.24, 2.45) is 5.73 Å². The van der Waals surface area contributed by atoms with E-state index in [0.717, 1.165) is 13.0 Å². The Balaban J connectivity index is 1.93. The lowest BCUT2D eigenvalue weighted by Gasteiger charge is -2.33. The van der Waals surface area contributed by atoms with E-state index in [1.54, 1.807) is 0 Å². The van der Waals surface area contributed by atoms with Gasteiger partial charge in [0.05, 0.1) is 5.54 Å². The molecule has 3 heteroatoms. The number of primary amides is 1. The van der Waals surface area contributed by atoms with Gasteiger partial charge in [-0.3, -0.25) is 4.79 Å². The summed E-state index contributed by atoms with van der Waals surface area (Å²) in [7, 11) is 0. The van der Waals surface area contributed by atoms with Gasteiger partial charge in [-0.25, -0.2) is 0 Å². The second-order valence-corrected chi connectivity index (χ2v) is 4.97. The van der Waals surface area contributed by atoms with Crippen LogP contribution in [0.25, 0.3) is 0 Å². The Kier molecular flexibility index (Phi) is 2.72. The van der Waals surface area contributed by atoms with Gasteiger partial charge in [-0.1, -0.05) is 24.3 Å². The van der Waals surface area contributed by atoms with Crippen LogP contribution < -0.4 is 11.1 Å². The lowest BCUT2D eigenvalue weighted by atomic mass is 9.77. The summed E-state index contributed by atoms with van der Waals surface area (Å²) in [6.45, 7) is 4.45. The molecule has 1 aliphatic rings. The van der Waals surface area contributed by atoms with Crippen LogP contribution in [0.5, 0.6) is 0 Å². The third kappa shape index (κ3) is 1.95. The molecular formula is C13H18N2O. The first-order valence-electron chi connectivity index (χ1n) is 5.63. The molecule has 0 radical (unpaired) electrons. The van der Waals surface area contributed by atoms with Crippen molar-refractivity contribution in [3.8, 4) is 0 Å². The van der Waals surface area contributed by atoms with Crippen LogP contribution in [0.4, 0.5) is 0 Å². The summed E-state index contributed by atoms with van der Waals surface area (Å²) in [5, 5.41) is 3.23. The number of nitrogens with one attached hydrogen (secondary N) is 1. The van der Waals surface area contributed by atoms with Gasteiger partial charge in [0.2, 0.25) is 5.91 Å². The molecule has 1 unspecified atom stereocenters. The zero-order valence-electron chi connectivity index (χ0n) is 9.79. The Hall–Kier alpha value is -1.35. The molecular weight excluding hydrogens is 200 g/mol. The predicted molar refractivity (Wildman–Crippen MR) is 64.2 cm³/mol. The summed E-state index contributed by atoms with van der Waals surface area (Å²) in [4.78, 5) is 11.1. The Morgan fingerprint density at radius 1 is 1.50 bits per heavy atom. The summed E-state index contributed by atoms with van der Waals surface area (Å²) >= 11 is 0. The van der Waals surface area contributed by atoms with Crippen molar-refractivity contribution in [1.82, 2.24) is 5.32 Å². The maximum atomic E-state index is 11.1. The molecule has 0 spiro atoms. The van der Waals surface area contributed by atoms with Crippen molar-refractivity contribution in [3.63, 3.8) is 0 Å². The Bertz CT molecular complexity index is 412. The second kappa shape index (κ2) is 3.91. The van der Waals surface area contributed by atoms with Crippen molar-refractivity contribution < 1.29 is 4.79 Å². The fraction of sp³-hybridized carbons (Fsp3) is 0.462. The maximum Gasteiger partial charge on any atom is 0.237 e. The minimum absolute atomic E-state index is 0.305. The summed E-state index contributed by atoms with van der Waals surface area (Å²) in [6, 6.07) is 8.44. The summed E-state index contributed by atoms with van der Waals surface area (Å²) in [5.74, 6) is 0.218. The van der Waals surface area contributed by atoms with E-state index in [1.807, 2.05) is 13.8 Å². The highest BCUT2D eigenvalue weighted by Gasteiger charge is 2.29. The van der Waals surface area contributed by atoms with Crippen LogP contribution >= 0.6 is 0 Å². The number of carbonyl (C=O) groups excluding carboxylic acids is 1. The van der Waals surface area contributed by atoms with Crippen molar-refractivity contribution in [2.75, 3.05) is 6.54 Å². The summed E-state index contributed by atoms with van der Waals surface area (Å²) in [5.41, 5.74) is 7.51. The number of fused-ring (bicyclic) bond motifs is 1. The standard InChI is InChI=1S/C13H18N2O/c1-13(2,12(14)16)15-8-10-7-9-5-3-4-6-11(9)10/h3-6,10,15H,7-8H2,1-2H3,(H2,14,16). The lowest BCUT2D eigenvalue weighted by Crippen LogP contribution is -2.52. The number of amides is 1. The smallest absolute Gasteiger partial charge is 0.237 e. The lowest BCUT2D eigenvalue weighted by molar-refractivity contribution is -0.123. The van der Waals surface area contributed by atoms with Crippen molar-refractivity contribution in [3.05, 3.63) is 35.4 Å². The van der Waals surface area contributed by atoms with Crippen LogP contribution in [0.15, 0.2) is 24.3 Å². The second-order valence-electron chi connectivity index (χ2n) is 4.97. The fourth-order valence-corrected chi connectivity index (χ4v) is 2.01. The number of rotatable bonds is 4. The molecule has 1 aliphatic carbocycles. The van der Waals surface area contributed by atoms with Gasteiger partial charge in [0, 0.05) is 12.5 Å². The molecule has 0 fully saturated rings. The van der Waals surface area contributed by atoms with Gasteiger partial charge in [-0.2, -0.15) is 0 Å². The highest BCUT2D eigenvalue weighted by Crippen LogP contribution is 2.34. The normalized spacial score (nSPS) is 18.8. The van der Waals surface area contributed by atoms with E-state index >= 15 is 0 Å². The van der Waals surface area contributed by atoms with Crippen LogP contribution in [0, 0.1) is 0 Å². The SMILES string of the molecule is CC(C)(NCC1Cc2ccccc21)C(N)=O. The van der Waals surface area contributed by atoms with Crippen molar-refractivity contribution in [1.29, 1.82) is 0 Å². The van der Waals surface area contributed by atoms with E-state index in [2.05, 4.69) is 29.6 Å². The number of hydrogen-bond acceptors (Lipinski definition) is 2. The number of nitrogens with two attached hydrogens (primary N) is 1. The van der Waals surface area contributed by atoms with Gasteiger partial charge in [0.1, 0.15) is 0 Å². The number of carbonyl (C=O) groups is 1. The van der Waals surface area contributed by atoms with E-state index in [0.29, 0.717) is 5.92 Å². The molecule has 1 atom stereocenters. The van der Waals surface area contributed by atoms with Gasteiger partial charge in [0.15, 0.2) is 0 Å². The van der Waals surface area contributed by atoms with Crippen LogP contribution in [-0.4, -0.2) is 18.0 Å². The molecule has 0 saturated carbocycles. The van der Waals surface area contributed by atoms with Crippen LogP contribution in [0.1, 0.15) is 30.9 Å². The minimum Gasteiger partial charge on any atom is -0.368 e. The average Bonchev–Trinajstić information content (AvgIpc) is 2.19. The van der Waals surface area contributed by atoms with E-state index < -0.39 is 5.54 Å². The zero-order chi connectivity index (χ0) is 11.8. The molecule has 3 N–H and O–H groups in total. The van der Waals surface area contributed by atoms with Crippen LogP contribution in [0.3, 0.4) is 0 Å². The quantitative estimate of drug-likeness (QED) is 0.797. The largest absolute Gasteiger partial charge is 0.368 e. The third-order valence-corrected chi connectivity index (χ3v) is 3.37. The molecule has 0 aromatic heterocycles. The highest BCUT2D eigenvalue weighted by atomic mass is 16.1.